The maximum atomic E-state index is 10.9. The van der Waals surface area contributed by atoms with Gasteiger partial charge in [-0.1, -0.05) is 18.2 Å². The predicted octanol–water partition coefficient (Wildman–Crippen LogP) is 0.949. The Balaban J connectivity index is 0.000000162. The molecule has 1 aromatic rings. The van der Waals surface area contributed by atoms with Crippen molar-refractivity contribution in [2.75, 3.05) is 18.5 Å². The molecule has 1 aromatic carbocycles. The minimum absolute atomic E-state index is 0.128. The number of benzene rings is 1. The van der Waals surface area contributed by atoms with Gasteiger partial charge in [-0.25, -0.2) is 0 Å². The molecule has 1 fully saturated rings. The Morgan fingerprint density at radius 1 is 1.38 bits per heavy atom. The maximum Gasteiger partial charge on any atom is 0.224 e. The molecule has 2 aliphatic rings. The molecule has 3 rings (SSSR count). The number of aliphatic hydroxyl groups excluding tert-OH is 1. The first-order valence-corrected chi connectivity index (χ1v) is 5.40. The van der Waals surface area contributed by atoms with E-state index in [9.17, 15) is 4.79 Å². The van der Waals surface area contributed by atoms with Crippen LogP contribution in [0.3, 0.4) is 0 Å². The van der Waals surface area contributed by atoms with E-state index in [4.69, 9.17) is 5.11 Å². The van der Waals surface area contributed by atoms with Crippen molar-refractivity contribution in [3.8, 4) is 0 Å². The van der Waals surface area contributed by atoms with Gasteiger partial charge in [0, 0.05) is 12.1 Å². The van der Waals surface area contributed by atoms with Crippen LogP contribution in [-0.4, -0.2) is 30.3 Å². The number of aryl methyl sites for hydroxylation is 1. The van der Waals surface area contributed by atoms with Crippen molar-refractivity contribution in [3.63, 3.8) is 0 Å². The fourth-order valence-corrected chi connectivity index (χ4v) is 1.49. The normalized spacial score (nSPS) is 21.3. The van der Waals surface area contributed by atoms with Crippen LogP contribution < -0.4 is 5.32 Å². The van der Waals surface area contributed by atoms with Crippen molar-refractivity contribution < 1.29 is 14.6 Å². The zero-order valence-electron chi connectivity index (χ0n) is 8.98. The lowest BCUT2D eigenvalue weighted by atomic mass is 10.0. The molecule has 0 aliphatic carbocycles. The Morgan fingerprint density at radius 3 is 2.75 bits per heavy atom. The molecule has 1 saturated heterocycles. The molecule has 0 spiro atoms. The summed E-state index contributed by atoms with van der Waals surface area (Å²) in [6.07, 6.45) is 1.69. The molecule has 1 atom stereocenters. The summed E-state index contributed by atoms with van der Waals surface area (Å²) in [5.74, 6) is 0.128. The number of ether oxygens (including phenoxy) is 1. The number of hydrogen-bond donors (Lipinski definition) is 2. The van der Waals surface area contributed by atoms with Gasteiger partial charge in [0.1, 0.15) is 6.10 Å². The number of anilines is 1. The highest BCUT2D eigenvalue weighted by atomic mass is 16.6. The summed E-state index contributed by atoms with van der Waals surface area (Å²) in [6.45, 7) is 0.955. The van der Waals surface area contributed by atoms with Crippen LogP contribution in [0.15, 0.2) is 24.3 Å². The standard InChI is InChI=1S/C9H9NO.C3H6O2/c11-9-6-5-7-3-1-2-4-8(7)10-9;4-1-3-2-5-3/h1-4H,5-6H2,(H,10,11);3-4H,1-2H2. The quantitative estimate of drug-likeness (QED) is 0.694. The topological polar surface area (TPSA) is 61.9 Å². The minimum Gasteiger partial charge on any atom is -0.394 e. The van der Waals surface area contributed by atoms with Gasteiger partial charge in [-0.2, -0.15) is 0 Å². The third kappa shape index (κ3) is 3.05. The SMILES string of the molecule is O=C1CCc2ccccc2N1.OCC1CO1. The molecule has 1 unspecified atom stereocenters. The number of carbonyl (C=O) groups excluding carboxylic acids is 1. The number of rotatable bonds is 1. The summed E-state index contributed by atoms with van der Waals surface area (Å²) in [5.41, 5.74) is 2.22. The first kappa shape index (κ1) is 11.1. The molecular formula is C12H15NO3. The van der Waals surface area contributed by atoms with Crippen LogP contribution in [0.5, 0.6) is 0 Å². The Labute approximate surface area is 94.2 Å². The number of para-hydroxylation sites is 1. The average molecular weight is 221 g/mol. The first-order chi connectivity index (χ1) is 7.79. The molecular weight excluding hydrogens is 206 g/mol. The zero-order valence-corrected chi connectivity index (χ0v) is 8.98. The number of aliphatic hydroxyl groups is 1. The smallest absolute Gasteiger partial charge is 0.224 e. The molecule has 16 heavy (non-hydrogen) atoms. The van der Waals surface area contributed by atoms with Gasteiger partial charge >= 0.3 is 0 Å². The third-order valence-electron chi connectivity index (χ3n) is 2.52. The summed E-state index contributed by atoms with van der Waals surface area (Å²) in [7, 11) is 0. The van der Waals surface area contributed by atoms with E-state index in [2.05, 4.69) is 16.1 Å². The van der Waals surface area contributed by atoms with Crippen molar-refractivity contribution in [2.24, 2.45) is 0 Å². The van der Waals surface area contributed by atoms with Crippen LogP contribution in [0, 0.1) is 0 Å². The predicted molar refractivity (Wildman–Crippen MR) is 60.2 cm³/mol. The largest absolute Gasteiger partial charge is 0.394 e. The summed E-state index contributed by atoms with van der Waals surface area (Å²) in [4.78, 5) is 10.9. The van der Waals surface area contributed by atoms with Crippen LogP contribution in [0.4, 0.5) is 5.69 Å². The molecule has 1 amide bonds. The van der Waals surface area contributed by atoms with Crippen molar-refractivity contribution in [3.05, 3.63) is 29.8 Å². The van der Waals surface area contributed by atoms with Gasteiger partial charge in [0.2, 0.25) is 5.91 Å². The van der Waals surface area contributed by atoms with Gasteiger partial charge in [-0.05, 0) is 18.1 Å². The van der Waals surface area contributed by atoms with Crippen LogP contribution in [0.1, 0.15) is 12.0 Å². The lowest BCUT2D eigenvalue weighted by molar-refractivity contribution is -0.116. The van der Waals surface area contributed by atoms with Crippen LogP contribution in [-0.2, 0) is 16.0 Å². The van der Waals surface area contributed by atoms with Crippen molar-refractivity contribution in [2.45, 2.75) is 18.9 Å². The van der Waals surface area contributed by atoms with Gasteiger partial charge in [0.15, 0.2) is 0 Å². The van der Waals surface area contributed by atoms with Gasteiger partial charge in [0.05, 0.1) is 13.2 Å². The van der Waals surface area contributed by atoms with Crippen molar-refractivity contribution >= 4 is 11.6 Å². The second-order valence-corrected chi connectivity index (χ2v) is 3.84. The molecule has 2 aliphatic heterocycles. The number of fused-ring (bicyclic) bond motifs is 1. The summed E-state index contributed by atoms with van der Waals surface area (Å²) < 4.78 is 4.61. The first-order valence-electron chi connectivity index (χ1n) is 5.40. The van der Waals surface area contributed by atoms with Crippen LogP contribution in [0.25, 0.3) is 0 Å². The van der Waals surface area contributed by atoms with E-state index in [1.165, 1.54) is 5.56 Å². The molecule has 0 bridgehead atoms. The summed E-state index contributed by atoms with van der Waals surface area (Å²) >= 11 is 0. The van der Waals surface area contributed by atoms with Crippen molar-refractivity contribution in [1.82, 2.24) is 0 Å². The second kappa shape index (κ2) is 5.09. The molecule has 4 nitrogen and oxygen atoms in total. The van der Waals surface area contributed by atoms with Gasteiger partial charge in [0.25, 0.3) is 0 Å². The molecule has 0 saturated carbocycles. The van der Waals surface area contributed by atoms with Crippen LogP contribution >= 0.6 is 0 Å². The van der Waals surface area contributed by atoms with E-state index in [1.54, 1.807) is 0 Å². The van der Waals surface area contributed by atoms with E-state index in [1.807, 2.05) is 18.2 Å². The summed E-state index contributed by atoms with van der Waals surface area (Å²) in [5, 5.41) is 10.9. The Bertz CT molecular complexity index is 374. The number of hydrogen-bond acceptors (Lipinski definition) is 3. The van der Waals surface area contributed by atoms with Gasteiger partial charge < -0.3 is 15.2 Å². The summed E-state index contributed by atoms with van der Waals surface area (Å²) in [6, 6.07) is 7.92. The maximum absolute atomic E-state index is 10.9. The average Bonchev–Trinajstić information content (AvgIpc) is 3.13. The monoisotopic (exact) mass is 221 g/mol. The minimum atomic E-state index is 0.128. The second-order valence-electron chi connectivity index (χ2n) is 3.84. The van der Waals surface area contributed by atoms with E-state index in [-0.39, 0.29) is 18.6 Å². The fraction of sp³-hybridized carbons (Fsp3) is 0.417. The number of nitrogens with one attached hydrogen (secondary N) is 1. The number of amides is 1. The Hall–Kier alpha value is -1.39. The van der Waals surface area contributed by atoms with E-state index in [0.29, 0.717) is 6.42 Å². The highest BCUT2D eigenvalue weighted by Gasteiger charge is 2.19. The molecule has 0 aromatic heterocycles. The zero-order chi connectivity index (χ0) is 11.4. The third-order valence-corrected chi connectivity index (χ3v) is 2.52. The van der Waals surface area contributed by atoms with E-state index >= 15 is 0 Å². The fourth-order valence-electron chi connectivity index (χ4n) is 1.49. The van der Waals surface area contributed by atoms with Gasteiger partial charge in [-0.15, -0.1) is 0 Å². The van der Waals surface area contributed by atoms with E-state index < -0.39 is 0 Å². The Kier molecular flexibility index (Phi) is 3.54. The molecule has 4 heteroatoms. The molecule has 86 valence electrons. The van der Waals surface area contributed by atoms with Crippen LogP contribution in [0.2, 0.25) is 0 Å². The van der Waals surface area contributed by atoms with Gasteiger partial charge in [-0.3, -0.25) is 4.79 Å². The molecule has 2 N–H and O–H groups in total. The highest BCUT2D eigenvalue weighted by Crippen LogP contribution is 2.20. The lowest BCUT2D eigenvalue weighted by Crippen LogP contribution is -2.18. The number of epoxide rings is 1. The lowest BCUT2D eigenvalue weighted by Gasteiger charge is -2.15. The van der Waals surface area contributed by atoms with E-state index in [0.717, 1.165) is 18.7 Å². The van der Waals surface area contributed by atoms with Crippen molar-refractivity contribution in [1.29, 1.82) is 0 Å². The Morgan fingerprint density at radius 2 is 2.12 bits per heavy atom. The molecule has 2 heterocycles. The highest BCUT2D eigenvalue weighted by molar-refractivity contribution is 5.93. The number of carbonyl (C=O) groups is 1. The molecule has 0 radical (unpaired) electrons.